The summed E-state index contributed by atoms with van der Waals surface area (Å²) in [5.41, 5.74) is 0.873. The lowest BCUT2D eigenvalue weighted by atomic mass is 10.0. The lowest BCUT2D eigenvalue weighted by molar-refractivity contribution is -0.123. The number of nitrogens with one attached hydrogen (secondary N) is 2. The highest BCUT2D eigenvalue weighted by Crippen LogP contribution is 2.28. The Morgan fingerprint density at radius 1 is 1.21 bits per heavy atom. The molecule has 0 unspecified atom stereocenters. The fourth-order valence-electron chi connectivity index (χ4n) is 3.25. The topological polar surface area (TPSA) is 79.9 Å². The fraction of sp³-hybridized carbons (Fsp3) is 0.545. The minimum absolute atomic E-state index is 0.0724. The van der Waals surface area contributed by atoms with Gasteiger partial charge in [0.1, 0.15) is 0 Å². The fourth-order valence-corrected chi connectivity index (χ4v) is 3.25. The minimum atomic E-state index is -0.113. The van der Waals surface area contributed by atoms with Gasteiger partial charge in [0, 0.05) is 31.8 Å². The van der Waals surface area contributed by atoms with E-state index in [1.807, 2.05) is 32.0 Å². The third-order valence-electron chi connectivity index (χ3n) is 4.79. The molecule has 29 heavy (non-hydrogen) atoms. The summed E-state index contributed by atoms with van der Waals surface area (Å²) in [4.78, 5) is 26.2. The van der Waals surface area contributed by atoms with Gasteiger partial charge in [-0.2, -0.15) is 0 Å². The number of nitrogens with zero attached hydrogens (tertiary/aromatic N) is 1. The second-order valence-corrected chi connectivity index (χ2v) is 7.09. The van der Waals surface area contributed by atoms with Crippen LogP contribution in [-0.4, -0.2) is 62.7 Å². The standard InChI is InChI=1S/C22H33N3O4/c1-4-12-23-22(27)16-25-13-10-18(11-14-25)24-21(26)9-7-17-6-8-19(28-3)20(15-17)29-5-2/h6-9,15,18H,4-5,10-14,16H2,1-3H3,(H,23,27)(H,24,26)/b9-7+. The van der Waals surface area contributed by atoms with Gasteiger partial charge in [-0.1, -0.05) is 13.0 Å². The van der Waals surface area contributed by atoms with E-state index in [2.05, 4.69) is 15.5 Å². The van der Waals surface area contributed by atoms with Gasteiger partial charge < -0.3 is 20.1 Å². The first-order chi connectivity index (χ1) is 14.0. The second-order valence-electron chi connectivity index (χ2n) is 7.09. The van der Waals surface area contributed by atoms with Gasteiger partial charge in [0.2, 0.25) is 11.8 Å². The molecule has 0 radical (unpaired) electrons. The van der Waals surface area contributed by atoms with Crippen LogP contribution in [0.25, 0.3) is 6.08 Å². The molecule has 2 N–H and O–H groups in total. The molecule has 1 heterocycles. The number of likely N-dealkylation sites (tertiary alicyclic amines) is 1. The van der Waals surface area contributed by atoms with Crippen LogP contribution in [0.3, 0.4) is 0 Å². The molecule has 160 valence electrons. The number of carbonyl (C=O) groups is 2. The van der Waals surface area contributed by atoms with Crippen molar-refractivity contribution >= 4 is 17.9 Å². The molecule has 7 nitrogen and oxygen atoms in total. The van der Waals surface area contributed by atoms with Gasteiger partial charge in [-0.25, -0.2) is 0 Å². The highest BCUT2D eigenvalue weighted by molar-refractivity contribution is 5.92. The van der Waals surface area contributed by atoms with Gasteiger partial charge in [-0.05, 0) is 50.0 Å². The van der Waals surface area contributed by atoms with Gasteiger partial charge in [0.15, 0.2) is 11.5 Å². The Morgan fingerprint density at radius 3 is 2.62 bits per heavy atom. The van der Waals surface area contributed by atoms with Crippen molar-refractivity contribution in [2.45, 2.75) is 39.2 Å². The molecule has 0 saturated carbocycles. The summed E-state index contributed by atoms with van der Waals surface area (Å²) in [5.74, 6) is 1.29. The molecule has 7 heteroatoms. The Balaban J connectivity index is 1.78. The van der Waals surface area contributed by atoms with Crippen LogP contribution in [-0.2, 0) is 9.59 Å². The van der Waals surface area contributed by atoms with E-state index in [0.717, 1.165) is 44.5 Å². The maximum atomic E-state index is 12.3. The van der Waals surface area contributed by atoms with Gasteiger partial charge in [0.25, 0.3) is 0 Å². The van der Waals surface area contributed by atoms with E-state index < -0.39 is 0 Å². The van der Waals surface area contributed by atoms with Gasteiger partial charge in [-0.3, -0.25) is 14.5 Å². The number of amides is 2. The second kappa shape index (κ2) is 12.1. The number of benzene rings is 1. The number of methoxy groups -OCH3 is 1. The normalized spacial score (nSPS) is 15.3. The number of ether oxygens (including phenoxy) is 2. The molecular formula is C22H33N3O4. The Morgan fingerprint density at radius 2 is 1.97 bits per heavy atom. The quantitative estimate of drug-likeness (QED) is 0.586. The first-order valence-corrected chi connectivity index (χ1v) is 10.3. The molecule has 1 aliphatic rings. The first kappa shape index (κ1) is 22.7. The average Bonchev–Trinajstić information content (AvgIpc) is 2.72. The van der Waals surface area contributed by atoms with Crippen LogP contribution in [0.2, 0.25) is 0 Å². The SMILES string of the molecule is CCCNC(=O)CN1CCC(NC(=O)/C=C/c2ccc(OC)c(OCC)c2)CC1. The minimum Gasteiger partial charge on any atom is -0.493 e. The molecule has 1 aromatic carbocycles. The lowest BCUT2D eigenvalue weighted by Crippen LogP contribution is -2.47. The van der Waals surface area contributed by atoms with Crippen molar-refractivity contribution in [2.24, 2.45) is 0 Å². The van der Waals surface area contributed by atoms with Crippen molar-refractivity contribution in [3.8, 4) is 11.5 Å². The van der Waals surface area contributed by atoms with Gasteiger partial charge >= 0.3 is 0 Å². The summed E-state index contributed by atoms with van der Waals surface area (Å²) in [6.45, 7) is 7.27. The Bertz CT molecular complexity index is 697. The molecule has 1 aromatic rings. The molecule has 0 bridgehead atoms. The largest absolute Gasteiger partial charge is 0.493 e. The maximum Gasteiger partial charge on any atom is 0.244 e. The number of piperidine rings is 1. The predicted molar refractivity (Wildman–Crippen MR) is 114 cm³/mol. The van der Waals surface area contributed by atoms with Crippen molar-refractivity contribution in [2.75, 3.05) is 39.9 Å². The Hall–Kier alpha value is -2.54. The van der Waals surface area contributed by atoms with Crippen molar-refractivity contribution in [1.82, 2.24) is 15.5 Å². The summed E-state index contributed by atoms with van der Waals surface area (Å²) in [5, 5.41) is 5.95. The highest BCUT2D eigenvalue weighted by atomic mass is 16.5. The van der Waals surface area contributed by atoms with Crippen molar-refractivity contribution in [3.63, 3.8) is 0 Å². The molecule has 0 aliphatic carbocycles. The summed E-state index contributed by atoms with van der Waals surface area (Å²) < 4.78 is 10.8. The van der Waals surface area contributed by atoms with Crippen LogP contribution >= 0.6 is 0 Å². The lowest BCUT2D eigenvalue weighted by Gasteiger charge is -2.31. The summed E-state index contributed by atoms with van der Waals surface area (Å²) in [6.07, 6.45) is 5.94. The van der Waals surface area contributed by atoms with Crippen LogP contribution in [0.15, 0.2) is 24.3 Å². The van der Waals surface area contributed by atoms with Gasteiger partial charge in [0.05, 0.1) is 20.3 Å². The molecule has 0 spiro atoms. The molecule has 0 atom stereocenters. The molecule has 2 amide bonds. The Labute approximate surface area is 173 Å². The first-order valence-electron chi connectivity index (χ1n) is 10.3. The van der Waals surface area contributed by atoms with Crippen LogP contribution in [0, 0.1) is 0 Å². The van der Waals surface area contributed by atoms with E-state index in [1.165, 1.54) is 0 Å². The van der Waals surface area contributed by atoms with Crippen LogP contribution < -0.4 is 20.1 Å². The summed E-state index contributed by atoms with van der Waals surface area (Å²) >= 11 is 0. The van der Waals surface area contributed by atoms with Crippen LogP contribution in [0.1, 0.15) is 38.7 Å². The molecule has 0 aromatic heterocycles. The molecule has 1 fully saturated rings. The molecular weight excluding hydrogens is 370 g/mol. The molecule has 1 aliphatic heterocycles. The van der Waals surface area contributed by atoms with E-state index in [4.69, 9.17) is 9.47 Å². The third-order valence-corrected chi connectivity index (χ3v) is 4.79. The summed E-state index contributed by atoms with van der Waals surface area (Å²) in [6, 6.07) is 5.70. The number of hydrogen-bond donors (Lipinski definition) is 2. The van der Waals surface area contributed by atoms with Gasteiger partial charge in [-0.15, -0.1) is 0 Å². The van der Waals surface area contributed by atoms with Crippen molar-refractivity contribution < 1.29 is 19.1 Å². The van der Waals surface area contributed by atoms with E-state index in [1.54, 1.807) is 19.3 Å². The van der Waals surface area contributed by atoms with Crippen molar-refractivity contribution in [1.29, 1.82) is 0 Å². The van der Waals surface area contributed by atoms with Crippen LogP contribution in [0.5, 0.6) is 11.5 Å². The summed E-state index contributed by atoms with van der Waals surface area (Å²) in [7, 11) is 1.60. The number of hydrogen-bond acceptors (Lipinski definition) is 5. The predicted octanol–water partition coefficient (Wildman–Crippen LogP) is 2.21. The Kier molecular flexibility index (Phi) is 9.50. The molecule has 1 saturated heterocycles. The zero-order chi connectivity index (χ0) is 21.1. The van der Waals surface area contributed by atoms with E-state index in [9.17, 15) is 9.59 Å². The third kappa shape index (κ3) is 7.77. The van der Waals surface area contributed by atoms with E-state index in [-0.39, 0.29) is 17.9 Å². The smallest absolute Gasteiger partial charge is 0.244 e. The van der Waals surface area contributed by atoms with E-state index in [0.29, 0.717) is 24.7 Å². The van der Waals surface area contributed by atoms with Crippen LogP contribution in [0.4, 0.5) is 0 Å². The number of rotatable bonds is 10. The monoisotopic (exact) mass is 403 g/mol. The van der Waals surface area contributed by atoms with E-state index >= 15 is 0 Å². The zero-order valence-electron chi connectivity index (χ0n) is 17.7. The number of carbonyl (C=O) groups excluding carboxylic acids is 2. The van der Waals surface area contributed by atoms with Crippen molar-refractivity contribution in [3.05, 3.63) is 29.8 Å². The highest BCUT2D eigenvalue weighted by Gasteiger charge is 2.21. The zero-order valence-corrected chi connectivity index (χ0v) is 17.7. The molecule has 2 rings (SSSR count). The average molecular weight is 404 g/mol. The maximum absolute atomic E-state index is 12.3.